The zero-order valence-electron chi connectivity index (χ0n) is 10.6. The van der Waals surface area contributed by atoms with E-state index < -0.39 is 0 Å². The van der Waals surface area contributed by atoms with Gasteiger partial charge < -0.3 is 14.4 Å². The van der Waals surface area contributed by atoms with E-state index in [-0.39, 0.29) is 13.2 Å². The van der Waals surface area contributed by atoms with Gasteiger partial charge in [-0.2, -0.15) is 4.98 Å². The molecule has 0 aliphatic heterocycles. The average molecular weight is 283 g/mol. The minimum Gasteiger partial charge on any atom is -0.485 e. The number of nitrogens with zero attached hydrogens (tertiary/aromatic N) is 2. The Balaban J connectivity index is 2.01. The van der Waals surface area contributed by atoms with Crippen molar-refractivity contribution in [2.75, 3.05) is 0 Å². The number of hydrogen-bond donors (Lipinski definition) is 1. The summed E-state index contributed by atoms with van der Waals surface area (Å²) in [5.74, 6) is 1.66. The monoisotopic (exact) mass is 282 g/mol. The first kappa shape index (κ1) is 13.8. The van der Waals surface area contributed by atoms with Crippen molar-refractivity contribution in [2.24, 2.45) is 0 Å². The highest BCUT2D eigenvalue weighted by atomic mass is 35.5. The Morgan fingerprint density at radius 3 is 3.00 bits per heavy atom. The average Bonchev–Trinajstić information content (AvgIpc) is 2.85. The van der Waals surface area contributed by atoms with Gasteiger partial charge in [-0.1, -0.05) is 23.7 Å². The first-order valence-corrected chi connectivity index (χ1v) is 6.44. The topological polar surface area (TPSA) is 68.4 Å². The van der Waals surface area contributed by atoms with Crippen molar-refractivity contribution in [1.29, 1.82) is 0 Å². The van der Waals surface area contributed by atoms with E-state index in [4.69, 9.17) is 20.9 Å². The van der Waals surface area contributed by atoms with Crippen molar-refractivity contribution < 1.29 is 14.4 Å². The first-order chi connectivity index (χ1) is 9.22. The van der Waals surface area contributed by atoms with E-state index in [1.165, 1.54) is 0 Å². The van der Waals surface area contributed by atoms with E-state index in [1.807, 2.05) is 6.92 Å². The summed E-state index contributed by atoms with van der Waals surface area (Å²) >= 11 is 5.84. The summed E-state index contributed by atoms with van der Waals surface area (Å²) in [5.41, 5.74) is 0.629. The van der Waals surface area contributed by atoms with Gasteiger partial charge in [-0.05, 0) is 24.6 Å². The second-order valence-corrected chi connectivity index (χ2v) is 4.49. The highest BCUT2D eigenvalue weighted by Gasteiger charge is 2.08. The van der Waals surface area contributed by atoms with Gasteiger partial charge in [0, 0.05) is 17.0 Å². The molecule has 0 aliphatic carbocycles. The highest BCUT2D eigenvalue weighted by molar-refractivity contribution is 6.30. The predicted octanol–water partition coefficient (Wildman–Crippen LogP) is 2.75. The molecule has 0 aliphatic rings. The second-order valence-electron chi connectivity index (χ2n) is 4.05. The number of benzene rings is 1. The Kier molecular flexibility index (Phi) is 4.76. The van der Waals surface area contributed by atoms with Crippen LogP contribution in [0.3, 0.4) is 0 Å². The van der Waals surface area contributed by atoms with Crippen LogP contribution in [0, 0.1) is 0 Å². The molecule has 1 N–H and O–H groups in total. The Hall–Kier alpha value is -1.59. The number of aromatic nitrogens is 2. The zero-order valence-corrected chi connectivity index (χ0v) is 11.4. The van der Waals surface area contributed by atoms with Gasteiger partial charge in [-0.3, -0.25) is 0 Å². The summed E-state index contributed by atoms with van der Waals surface area (Å²) in [5, 5.41) is 13.6. The summed E-state index contributed by atoms with van der Waals surface area (Å²) in [6.45, 7) is 2.10. The minimum absolute atomic E-state index is 0.136. The molecule has 0 spiro atoms. The van der Waals surface area contributed by atoms with E-state index in [0.717, 1.165) is 12.8 Å². The van der Waals surface area contributed by atoms with Crippen molar-refractivity contribution >= 4 is 11.6 Å². The van der Waals surface area contributed by atoms with Crippen LogP contribution in [0.2, 0.25) is 5.02 Å². The van der Waals surface area contributed by atoms with Crippen molar-refractivity contribution in [2.45, 2.75) is 33.0 Å². The van der Waals surface area contributed by atoms with E-state index in [2.05, 4.69) is 10.1 Å². The van der Waals surface area contributed by atoms with Crippen LogP contribution in [0.5, 0.6) is 5.75 Å². The normalized spacial score (nSPS) is 10.7. The van der Waals surface area contributed by atoms with Crippen LogP contribution in [0.15, 0.2) is 22.7 Å². The second kappa shape index (κ2) is 6.54. The molecule has 1 aromatic heterocycles. The number of aryl methyl sites for hydroxylation is 1. The quantitative estimate of drug-likeness (QED) is 0.882. The molecule has 2 rings (SSSR count). The molecule has 0 atom stereocenters. The van der Waals surface area contributed by atoms with Crippen molar-refractivity contribution in [3.63, 3.8) is 0 Å². The molecule has 0 radical (unpaired) electrons. The lowest BCUT2D eigenvalue weighted by Gasteiger charge is -2.08. The molecule has 0 saturated heterocycles. The summed E-state index contributed by atoms with van der Waals surface area (Å²) < 4.78 is 10.6. The predicted molar refractivity (Wildman–Crippen MR) is 70.0 cm³/mol. The highest BCUT2D eigenvalue weighted by Crippen LogP contribution is 2.23. The number of ether oxygens (including phenoxy) is 1. The molecule has 5 nitrogen and oxygen atoms in total. The Bertz CT molecular complexity index is 542. The van der Waals surface area contributed by atoms with Crippen molar-refractivity contribution in [3.8, 4) is 5.75 Å². The van der Waals surface area contributed by atoms with Gasteiger partial charge in [0.1, 0.15) is 5.75 Å². The maximum absolute atomic E-state index is 9.23. The van der Waals surface area contributed by atoms with Gasteiger partial charge >= 0.3 is 0 Å². The third kappa shape index (κ3) is 3.68. The van der Waals surface area contributed by atoms with E-state index in [9.17, 15) is 5.11 Å². The maximum Gasteiger partial charge on any atom is 0.226 e. The molecule has 0 fully saturated rings. The van der Waals surface area contributed by atoms with E-state index >= 15 is 0 Å². The van der Waals surface area contributed by atoms with Gasteiger partial charge in [-0.25, -0.2) is 0 Å². The Labute approximate surface area is 116 Å². The zero-order chi connectivity index (χ0) is 13.7. The van der Waals surface area contributed by atoms with Gasteiger partial charge in [0.15, 0.2) is 6.61 Å². The van der Waals surface area contributed by atoms with E-state index in [1.54, 1.807) is 18.2 Å². The molecule has 0 bridgehead atoms. The molecule has 0 amide bonds. The Morgan fingerprint density at radius 1 is 1.42 bits per heavy atom. The third-order valence-electron chi connectivity index (χ3n) is 2.52. The summed E-state index contributed by atoms with van der Waals surface area (Å²) in [4.78, 5) is 4.20. The first-order valence-electron chi connectivity index (χ1n) is 6.06. The van der Waals surface area contributed by atoms with Crippen LogP contribution in [0.1, 0.15) is 30.6 Å². The van der Waals surface area contributed by atoms with Gasteiger partial charge in [0.05, 0.1) is 6.61 Å². The van der Waals surface area contributed by atoms with E-state index in [0.29, 0.717) is 28.1 Å². The molecule has 19 heavy (non-hydrogen) atoms. The van der Waals surface area contributed by atoms with Crippen LogP contribution in [0.4, 0.5) is 0 Å². The summed E-state index contributed by atoms with van der Waals surface area (Å²) in [6.07, 6.45) is 1.71. The SMILES string of the molecule is CCCc1nc(COc2ccc(Cl)cc2CO)no1. The number of aliphatic hydroxyl groups excluding tert-OH is 1. The fourth-order valence-electron chi connectivity index (χ4n) is 1.62. The van der Waals surface area contributed by atoms with Gasteiger partial charge in [-0.15, -0.1) is 0 Å². The van der Waals surface area contributed by atoms with Crippen LogP contribution in [0.25, 0.3) is 0 Å². The number of aliphatic hydroxyl groups is 1. The molecule has 1 aromatic carbocycles. The van der Waals surface area contributed by atoms with Gasteiger partial charge in [0.2, 0.25) is 11.7 Å². The Morgan fingerprint density at radius 2 is 2.26 bits per heavy atom. The smallest absolute Gasteiger partial charge is 0.226 e. The number of halogens is 1. The molecular formula is C13H15ClN2O3. The van der Waals surface area contributed by atoms with Crippen LogP contribution >= 0.6 is 11.6 Å². The molecule has 1 heterocycles. The molecule has 0 saturated carbocycles. The van der Waals surface area contributed by atoms with Crippen LogP contribution in [-0.4, -0.2) is 15.2 Å². The molecule has 2 aromatic rings. The van der Waals surface area contributed by atoms with Crippen LogP contribution < -0.4 is 4.74 Å². The largest absolute Gasteiger partial charge is 0.485 e. The lowest BCUT2D eigenvalue weighted by molar-refractivity contribution is 0.253. The molecule has 102 valence electrons. The summed E-state index contributed by atoms with van der Waals surface area (Å²) in [6, 6.07) is 5.07. The number of hydrogen-bond acceptors (Lipinski definition) is 5. The fraction of sp³-hybridized carbons (Fsp3) is 0.385. The lowest BCUT2D eigenvalue weighted by atomic mass is 10.2. The molecule has 6 heteroatoms. The third-order valence-corrected chi connectivity index (χ3v) is 2.76. The van der Waals surface area contributed by atoms with Crippen molar-refractivity contribution in [3.05, 3.63) is 40.5 Å². The molecular weight excluding hydrogens is 268 g/mol. The van der Waals surface area contributed by atoms with Crippen LogP contribution in [-0.2, 0) is 19.6 Å². The number of rotatable bonds is 6. The lowest BCUT2D eigenvalue weighted by Crippen LogP contribution is -2.00. The maximum atomic E-state index is 9.23. The standard InChI is InChI=1S/C13H15ClN2O3/c1-2-3-13-15-12(16-19-13)8-18-11-5-4-10(14)6-9(11)7-17/h4-6,17H,2-3,7-8H2,1H3. The fourth-order valence-corrected chi connectivity index (χ4v) is 1.81. The van der Waals surface area contributed by atoms with Crippen molar-refractivity contribution in [1.82, 2.24) is 10.1 Å². The molecule has 0 unspecified atom stereocenters. The van der Waals surface area contributed by atoms with Gasteiger partial charge in [0.25, 0.3) is 0 Å². The summed E-state index contributed by atoms with van der Waals surface area (Å²) in [7, 11) is 0. The minimum atomic E-state index is -0.136.